The third-order valence-electron chi connectivity index (χ3n) is 2.06. The fourth-order valence-corrected chi connectivity index (χ4v) is 1.25. The van der Waals surface area contributed by atoms with Crippen molar-refractivity contribution < 1.29 is 4.79 Å². The molecule has 1 aromatic heterocycles. The van der Waals surface area contributed by atoms with E-state index in [0.717, 1.165) is 5.56 Å². The van der Waals surface area contributed by atoms with Crippen molar-refractivity contribution in [1.29, 1.82) is 0 Å². The quantitative estimate of drug-likeness (QED) is 0.692. The molecule has 0 bridgehead atoms. The molecule has 0 aliphatic rings. The van der Waals surface area contributed by atoms with Crippen molar-refractivity contribution in [3.8, 4) is 0 Å². The highest BCUT2D eigenvalue weighted by Gasteiger charge is 2.12. The maximum absolute atomic E-state index is 11.6. The Hall–Kier alpha value is -1.68. The van der Waals surface area contributed by atoms with Gasteiger partial charge in [-0.1, -0.05) is 6.08 Å². The summed E-state index contributed by atoms with van der Waals surface area (Å²) in [6.45, 7) is 3.54. The molecule has 4 heteroatoms. The predicted molar refractivity (Wildman–Crippen MR) is 60.1 cm³/mol. The first-order valence-electron chi connectivity index (χ1n) is 4.73. The van der Waals surface area contributed by atoms with E-state index in [9.17, 15) is 4.79 Å². The summed E-state index contributed by atoms with van der Waals surface area (Å²) in [5, 5.41) is 0. The number of nitrogens with two attached hydrogens (primary N) is 2. The number of nitrogens with zero attached hydrogens (tertiary/aromatic N) is 1. The molecule has 1 unspecified atom stereocenters. The summed E-state index contributed by atoms with van der Waals surface area (Å²) in [5.74, 6) is 0.401. The van der Waals surface area contributed by atoms with Crippen LogP contribution in [-0.4, -0.2) is 16.8 Å². The van der Waals surface area contributed by atoms with Crippen LogP contribution in [0, 0.1) is 0 Å². The standard InChI is InChI=1S/C11H15N3O/c1-2-3-9(12)10(15)6-8-4-5-14-11(13)7-8/h2,4-5,7,9H,1,3,6,12H2,(H2,13,14). The van der Waals surface area contributed by atoms with E-state index in [4.69, 9.17) is 11.5 Å². The average molecular weight is 205 g/mol. The van der Waals surface area contributed by atoms with Crippen molar-refractivity contribution in [2.24, 2.45) is 5.73 Å². The van der Waals surface area contributed by atoms with E-state index in [1.54, 1.807) is 24.4 Å². The van der Waals surface area contributed by atoms with Gasteiger partial charge in [0.15, 0.2) is 5.78 Å². The molecule has 1 aromatic rings. The van der Waals surface area contributed by atoms with Gasteiger partial charge in [0.05, 0.1) is 6.04 Å². The first-order chi connectivity index (χ1) is 7.13. The van der Waals surface area contributed by atoms with E-state index in [2.05, 4.69) is 11.6 Å². The summed E-state index contributed by atoms with van der Waals surface area (Å²) in [6.07, 6.45) is 4.02. The molecule has 0 saturated heterocycles. The Kier molecular flexibility index (Phi) is 4.00. The highest BCUT2D eigenvalue weighted by molar-refractivity contribution is 5.86. The minimum atomic E-state index is -0.475. The Morgan fingerprint density at radius 1 is 1.67 bits per heavy atom. The molecule has 4 N–H and O–H groups in total. The largest absolute Gasteiger partial charge is 0.384 e. The topological polar surface area (TPSA) is 82.0 Å². The Morgan fingerprint density at radius 3 is 3.00 bits per heavy atom. The Morgan fingerprint density at radius 2 is 2.40 bits per heavy atom. The zero-order valence-electron chi connectivity index (χ0n) is 8.52. The third-order valence-corrected chi connectivity index (χ3v) is 2.06. The number of hydrogen-bond donors (Lipinski definition) is 2. The Balaban J connectivity index is 2.62. The second-order valence-electron chi connectivity index (χ2n) is 3.36. The van der Waals surface area contributed by atoms with Crippen LogP contribution in [-0.2, 0) is 11.2 Å². The van der Waals surface area contributed by atoms with E-state index < -0.39 is 6.04 Å². The lowest BCUT2D eigenvalue weighted by Crippen LogP contribution is -2.31. The fourth-order valence-electron chi connectivity index (χ4n) is 1.25. The zero-order chi connectivity index (χ0) is 11.3. The van der Waals surface area contributed by atoms with E-state index in [-0.39, 0.29) is 5.78 Å². The molecule has 1 atom stereocenters. The van der Waals surface area contributed by atoms with Gasteiger partial charge in [0.25, 0.3) is 0 Å². The lowest BCUT2D eigenvalue weighted by atomic mass is 10.0. The number of nitrogen functional groups attached to an aromatic ring is 1. The maximum Gasteiger partial charge on any atom is 0.154 e. The van der Waals surface area contributed by atoms with Gasteiger partial charge in [-0.15, -0.1) is 6.58 Å². The van der Waals surface area contributed by atoms with Crippen LogP contribution < -0.4 is 11.5 Å². The molecule has 80 valence electrons. The number of ketones is 1. The molecule has 0 fully saturated rings. The first-order valence-corrected chi connectivity index (χ1v) is 4.73. The van der Waals surface area contributed by atoms with E-state index in [0.29, 0.717) is 18.7 Å². The molecule has 1 rings (SSSR count). The van der Waals surface area contributed by atoms with Crippen molar-refractivity contribution in [1.82, 2.24) is 4.98 Å². The number of carbonyl (C=O) groups is 1. The van der Waals surface area contributed by atoms with Crippen LogP contribution in [0.1, 0.15) is 12.0 Å². The lowest BCUT2D eigenvalue weighted by Gasteiger charge is -2.07. The van der Waals surface area contributed by atoms with Gasteiger partial charge in [0.1, 0.15) is 5.82 Å². The highest BCUT2D eigenvalue weighted by Crippen LogP contribution is 2.06. The molecule has 15 heavy (non-hydrogen) atoms. The molecular weight excluding hydrogens is 190 g/mol. The lowest BCUT2D eigenvalue weighted by molar-refractivity contribution is -0.119. The number of anilines is 1. The number of hydrogen-bond acceptors (Lipinski definition) is 4. The van der Waals surface area contributed by atoms with Crippen LogP contribution >= 0.6 is 0 Å². The van der Waals surface area contributed by atoms with E-state index in [1.165, 1.54) is 0 Å². The summed E-state index contributed by atoms with van der Waals surface area (Å²) in [4.78, 5) is 15.4. The van der Waals surface area contributed by atoms with E-state index >= 15 is 0 Å². The van der Waals surface area contributed by atoms with Crippen LogP contribution in [0.4, 0.5) is 5.82 Å². The van der Waals surface area contributed by atoms with Crippen LogP contribution in [0.2, 0.25) is 0 Å². The van der Waals surface area contributed by atoms with Crippen molar-refractivity contribution in [2.75, 3.05) is 5.73 Å². The van der Waals surface area contributed by atoms with Crippen molar-refractivity contribution in [3.63, 3.8) is 0 Å². The minimum Gasteiger partial charge on any atom is -0.384 e. The number of pyridine rings is 1. The summed E-state index contributed by atoms with van der Waals surface area (Å²) < 4.78 is 0. The number of carbonyl (C=O) groups excluding carboxylic acids is 1. The second-order valence-corrected chi connectivity index (χ2v) is 3.36. The summed E-state index contributed by atoms with van der Waals surface area (Å²) in [7, 11) is 0. The summed E-state index contributed by atoms with van der Waals surface area (Å²) in [5.41, 5.74) is 12.0. The van der Waals surface area contributed by atoms with Gasteiger partial charge in [-0.2, -0.15) is 0 Å². The van der Waals surface area contributed by atoms with Gasteiger partial charge in [-0.05, 0) is 24.1 Å². The SMILES string of the molecule is C=CCC(N)C(=O)Cc1ccnc(N)c1. The summed E-state index contributed by atoms with van der Waals surface area (Å²) in [6, 6.07) is 2.96. The monoisotopic (exact) mass is 205 g/mol. The number of Topliss-reactive ketones (excluding diaryl/α,β-unsaturated/α-hetero) is 1. The fraction of sp³-hybridized carbons (Fsp3) is 0.273. The molecule has 4 nitrogen and oxygen atoms in total. The van der Waals surface area contributed by atoms with E-state index in [1.807, 2.05) is 0 Å². The molecule has 0 aliphatic carbocycles. The normalized spacial score (nSPS) is 12.1. The van der Waals surface area contributed by atoms with Gasteiger partial charge >= 0.3 is 0 Å². The molecule has 1 heterocycles. The van der Waals surface area contributed by atoms with Crippen LogP contribution in [0.15, 0.2) is 31.0 Å². The molecule has 0 amide bonds. The van der Waals surface area contributed by atoms with Crippen LogP contribution in [0.25, 0.3) is 0 Å². The predicted octanol–water partition coefficient (Wildman–Crippen LogP) is 0.679. The maximum atomic E-state index is 11.6. The summed E-state index contributed by atoms with van der Waals surface area (Å²) >= 11 is 0. The number of rotatable bonds is 5. The van der Waals surface area contributed by atoms with Crippen LogP contribution in [0.3, 0.4) is 0 Å². The van der Waals surface area contributed by atoms with Gasteiger partial charge < -0.3 is 11.5 Å². The van der Waals surface area contributed by atoms with Crippen molar-refractivity contribution >= 4 is 11.6 Å². The van der Waals surface area contributed by atoms with Crippen molar-refractivity contribution in [3.05, 3.63) is 36.5 Å². The molecule has 0 aromatic carbocycles. The first kappa shape index (κ1) is 11.4. The molecular formula is C11H15N3O. The zero-order valence-corrected chi connectivity index (χ0v) is 8.52. The van der Waals surface area contributed by atoms with Crippen molar-refractivity contribution in [2.45, 2.75) is 18.9 Å². The Labute approximate surface area is 89.0 Å². The van der Waals surface area contributed by atoms with Gasteiger partial charge in [-0.25, -0.2) is 4.98 Å². The average Bonchev–Trinajstić information content (AvgIpc) is 2.18. The van der Waals surface area contributed by atoms with Gasteiger partial charge in [-0.3, -0.25) is 4.79 Å². The molecule has 0 aliphatic heterocycles. The molecule has 0 saturated carbocycles. The van der Waals surface area contributed by atoms with Crippen LogP contribution in [0.5, 0.6) is 0 Å². The second kappa shape index (κ2) is 5.26. The molecule has 0 spiro atoms. The third kappa shape index (κ3) is 3.52. The smallest absolute Gasteiger partial charge is 0.154 e. The number of aromatic nitrogens is 1. The minimum absolute atomic E-state index is 0.0134. The highest BCUT2D eigenvalue weighted by atomic mass is 16.1. The molecule has 0 radical (unpaired) electrons. The van der Waals surface area contributed by atoms with Gasteiger partial charge in [0, 0.05) is 12.6 Å². The Bertz CT molecular complexity index is 363. The van der Waals surface area contributed by atoms with Gasteiger partial charge in [0.2, 0.25) is 0 Å².